The predicted molar refractivity (Wildman–Crippen MR) is 73.2 cm³/mol. The van der Waals surface area contributed by atoms with Crippen LogP contribution in [0.15, 0.2) is 23.1 Å². The van der Waals surface area contributed by atoms with Crippen molar-refractivity contribution in [3.05, 3.63) is 34.2 Å². The van der Waals surface area contributed by atoms with Crippen LogP contribution in [0.1, 0.15) is 17.3 Å². The van der Waals surface area contributed by atoms with Gasteiger partial charge in [-0.15, -0.1) is 0 Å². The quantitative estimate of drug-likeness (QED) is 0.749. The number of hydrogen-bond acceptors (Lipinski definition) is 4. The average Bonchev–Trinajstić information content (AvgIpc) is 2.28. The number of hydrogen-bond donors (Lipinski definition) is 2. The molecule has 1 unspecified atom stereocenters. The fraction of sp³-hybridized carbons (Fsp3) is 0.538. The smallest absolute Gasteiger partial charge is 0.251 e. The number of aryl methyl sites for hydroxylation is 1. The molecule has 0 aromatic carbocycles. The van der Waals surface area contributed by atoms with Crippen LogP contribution in [0.3, 0.4) is 0 Å². The van der Waals surface area contributed by atoms with Gasteiger partial charge in [0.1, 0.15) is 0 Å². The summed E-state index contributed by atoms with van der Waals surface area (Å²) in [5.41, 5.74) is -0.963. The molecule has 1 aromatic heterocycles. The molecular weight excluding hydrogens is 246 g/mol. The van der Waals surface area contributed by atoms with Crippen molar-refractivity contribution in [3.63, 3.8) is 0 Å². The highest BCUT2D eigenvalue weighted by Gasteiger charge is 2.22. The first kappa shape index (κ1) is 15.4. The number of carbonyl (C=O) groups excluding carboxylic acids is 1. The summed E-state index contributed by atoms with van der Waals surface area (Å²) < 4.78 is 1.39. The third-order valence-electron chi connectivity index (χ3n) is 2.65. The standard InChI is InChI=1S/C13H21N3O3/c1-13(19,9-15(2)3)8-14-12(18)10-5-6-16(4)11(17)7-10/h5-7,19H,8-9H2,1-4H3,(H,14,18). The largest absolute Gasteiger partial charge is 0.387 e. The minimum Gasteiger partial charge on any atom is -0.387 e. The summed E-state index contributed by atoms with van der Waals surface area (Å²) in [7, 11) is 5.31. The van der Waals surface area contributed by atoms with E-state index in [4.69, 9.17) is 0 Å². The highest BCUT2D eigenvalue weighted by atomic mass is 16.3. The summed E-state index contributed by atoms with van der Waals surface area (Å²) in [6.45, 7) is 2.21. The van der Waals surface area contributed by atoms with Crippen molar-refractivity contribution in [1.82, 2.24) is 14.8 Å². The number of carbonyl (C=O) groups is 1. The Hall–Kier alpha value is -1.66. The molecule has 19 heavy (non-hydrogen) atoms. The molecule has 0 spiro atoms. The van der Waals surface area contributed by atoms with Crippen molar-refractivity contribution in [1.29, 1.82) is 0 Å². The lowest BCUT2D eigenvalue weighted by atomic mass is 10.1. The lowest BCUT2D eigenvalue weighted by molar-refractivity contribution is 0.0326. The van der Waals surface area contributed by atoms with Gasteiger partial charge in [-0.1, -0.05) is 0 Å². The van der Waals surface area contributed by atoms with Crippen LogP contribution in [-0.2, 0) is 7.05 Å². The van der Waals surface area contributed by atoms with Crippen LogP contribution in [0.2, 0.25) is 0 Å². The second-order valence-corrected chi connectivity index (χ2v) is 5.28. The van der Waals surface area contributed by atoms with E-state index in [0.29, 0.717) is 12.1 Å². The molecule has 0 saturated heterocycles. The Balaban J connectivity index is 2.65. The monoisotopic (exact) mass is 267 g/mol. The van der Waals surface area contributed by atoms with Gasteiger partial charge in [0.25, 0.3) is 11.5 Å². The van der Waals surface area contributed by atoms with Gasteiger partial charge in [0.15, 0.2) is 0 Å². The molecule has 1 aromatic rings. The molecule has 0 aliphatic carbocycles. The van der Waals surface area contributed by atoms with Crippen LogP contribution in [-0.4, -0.2) is 53.3 Å². The molecule has 1 heterocycles. The Morgan fingerprint density at radius 1 is 1.53 bits per heavy atom. The Morgan fingerprint density at radius 3 is 2.68 bits per heavy atom. The number of likely N-dealkylation sites (N-methyl/N-ethyl adjacent to an activating group) is 1. The minimum absolute atomic E-state index is 0.124. The number of nitrogens with one attached hydrogen (secondary N) is 1. The lowest BCUT2D eigenvalue weighted by Crippen LogP contribution is -2.47. The first-order valence-electron chi connectivity index (χ1n) is 6.03. The Labute approximate surface area is 112 Å². The second-order valence-electron chi connectivity index (χ2n) is 5.28. The number of aromatic nitrogens is 1. The highest BCUT2D eigenvalue weighted by Crippen LogP contribution is 2.03. The fourth-order valence-corrected chi connectivity index (χ4v) is 1.80. The van der Waals surface area contributed by atoms with Crippen molar-refractivity contribution >= 4 is 5.91 Å². The summed E-state index contributed by atoms with van der Waals surface area (Å²) >= 11 is 0. The first-order chi connectivity index (χ1) is 8.71. The molecule has 0 aliphatic heterocycles. The summed E-state index contributed by atoms with van der Waals surface area (Å²) in [6.07, 6.45) is 1.54. The molecule has 0 bridgehead atoms. The Kier molecular flexibility index (Phi) is 4.85. The van der Waals surface area contributed by atoms with Gasteiger partial charge in [0.05, 0.1) is 5.60 Å². The van der Waals surface area contributed by atoms with E-state index in [-0.39, 0.29) is 18.0 Å². The highest BCUT2D eigenvalue weighted by molar-refractivity contribution is 5.94. The molecule has 1 amide bonds. The topological polar surface area (TPSA) is 74.6 Å². The van der Waals surface area contributed by atoms with Crippen LogP contribution in [0.25, 0.3) is 0 Å². The third kappa shape index (κ3) is 4.84. The van der Waals surface area contributed by atoms with Crippen LogP contribution >= 0.6 is 0 Å². The van der Waals surface area contributed by atoms with E-state index in [1.165, 1.54) is 16.8 Å². The number of amides is 1. The molecule has 1 atom stereocenters. The fourth-order valence-electron chi connectivity index (χ4n) is 1.80. The van der Waals surface area contributed by atoms with Crippen molar-refractivity contribution in [2.45, 2.75) is 12.5 Å². The van der Waals surface area contributed by atoms with Gasteiger partial charge in [0.2, 0.25) is 0 Å². The molecule has 6 heteroatoms. The average molecular weight is 267 g/mol. The van der Waals surface area contributed by atoms with Crippen LogP contribution in [0.5, 0.6) is 0 Å². The van der Waals surface area contributed by atoms with Gasteiger partial charge >= 0.3 is 0 Å². The van der Waals surface area contributed by atoms with Crippen molar-refractivity contribution < 1.29 is 9.90 Å². The van der Waals surface area contributed by atoms with E-state index in [9.17, 15) is 14.7 Å². The van der Waals surface area contributed by atoms with E-state index in [1.54, 1.807) is 20.0 Å². The zero-order valence-electron chi connectivity index (χ0n) is 11.8. The van der Waals surface area contributed by atoms with Crippen LogP contribution < -0.4 is 10.9 Å². The third-order valence-corrected chi connectivity index (χ3v) is 2.65. The van der Waals surface area contributed by atoms with E-state index in [2.05, 4.69) is 5.32 Å². The maximum absolute atomic E-state index is 11.9. The number of nitrogens with zero attached hydrogens (tertiary/aromatic N) is 2. The molecule has 0 aliphatic rings. The summed E-state index contributed by atoms with van der Waals surface area (Å²) in [4.78, 5) is 25.1. The molecule has 106 valence electrons. The molecule has 6 nitrogen and oxygen atoms in total. The Morgan fingerprint density at radius 2 is 2.16 bits per heavy atom. The van der Waals surface area contributed by atoms with Crippen molar-refractivity contribution in [3.8, 4) is 0 Å². The lowest BCUT2D eigenvalue weighted by Gasteiger charge is -2.27. The predicted octanol–water partition coefficient (Wildman–Crippen LogP) is -0.572. The van der Waals surface area contributed by atoms with Gasteiger partial charge in [-0.05, 0) is 27.1 Å². The number of aliphatic hydroxyl groups is 1. The molecule has 1 rings (SSSR count). The maximum atomic E-state index is 11.9. The van der Waals surface area contributed by atoms with Gasteiger partial charge in [-0.2, -0.15) is 0 Å². The number of pyridine rings is 1. The van der Waals surface area contributed by atoms with Crippen LogP contribution in [0.4, 0.5) is 0 Å². The zero-order valence-corrected chi connectivity index (χ0v) is 11.8. The molecule has 0 radical (unpaired) electrons. The van der Waals surface area contributed by atoms with Crippen molar-refractivity contribution in [2.75, 3.05) is 27.2 Å². The summed E-state index contributed by atoms with van der Waals surface area (Å²) in [5, 5.41) is 12.7. The van der Waals surface area contributed by atoms with Gasteiger partial charge in [0, 0.05) is 38.0 Å². The molecule has 2 N–H and O–H groups in total. The minimum atomic E-state index is -1.01. The van der Waals surface area contributed by atoms with E-state index < -0.39 is 5.60 Å². The van der Waals surface area contributed by atoms with E-state index >= 15 is 0 Å². The van der Waals surface area contributed by atoms with E-state index in [1.807, 2.05) is 19.0 Å². The van der Waals surface area contributed by atoms with E-state index in [0.717, 1.165) is 0 Å². The Bertz CT molecular complexity index is 506. The maximum Gasteiger partial charge on any atom is 0.251 e. The van der Waals surface area contributed by atoms with Gasteiger partial charge < -0.3 is 19.9 Å². The normalized spacial score (nSPS) is 14.2. The first-order valence-corrected chi connectivity index (χ1v) is 6.03. The zero-order chi connectivity index (χ0) is 14.6. The van der Waals surface area contributed by atoms with Gasteiger partial charge in [-0.25, -0.2) is 0 Å². The summed E-state index contributed by atoms with van der Waals surface area (Å²) in [5.74, 6) is -0.364. The number of rotatable bonds is 5. The van der Waals surface area contributed by atoms with Crippen LogP contribution in [0, 0.1) is 0 Å². The van der Waals surface area contributed by atoms with Gasteiger partial charge in [-0.3, -0.25) is 9.59 Å². The molecular formula is C13H21N3O3. The van der Waals surface area contributed by atoms with Crippen molar-refractivity contribution in [2.24, 2.45) is 7.05 Å². The second kappa shape index (κ2) is 5.99. The molecule has 0 fully saturated rings. The SMILES string of the molecule is CN(C)CC(C)(O)CNC(=O)c1ccn(C)c(=O)c1. The molecule has 0 saturated carbocycles. The summed E-state index contributed by atoms with van der Waals surface area (Å²) in [6, 6.07) is 2.84.